The number of aromatic nitrogens is 1. The summed E-state index contributed by atoms with van der Waals surface area (Å²) >= 11 is 0. The van der Waals surface area contributed by atoms with Gasteiger partial charge in [0.25, 0.3) is 5.91 Å². The molecule has 5 nitrogen and oxygen atoms in total. The molecule has 1 aromatic heterocycles. The van der Waals surface area contributed by atoms with E-state index in [1.54, 1.807) is 6.21 Å². The number of nitrogens with two attached hydrogens (primary N) is 1. The lowest BCUT2D eigenvalue weighted by Gasteiger charge is -2.02. The van der Waals surface area contributed by atoms with Gasteiger partial charge in [-0.05, 0) is 22.8 Å². The molecular formula is C22H18N4O. The summed E-state index contributed by atoms with van der Waals surface area (Å²) in [6, 6.07) is 25.6. The molecule has 0 saturated heterocycles. The number of para-hydroxylation sites is 1. The number of benzene rings is 3. The van der Waals surface area contributed by atoms with Crippen LogP contribution >= 0.6 is 0 Å². The van der Waals surface area contributed by atoms with Crippen molar-refractivity contribution in [2.45, 2.75) is 0 Å². The molecule has 0 aliphatic rings. The largest absolute Gasteiger partial charge is 0.396 e. The summed E-state index contributed by atoms with van der Waals surface area (Å²) in [7, 11) is 0. The molecule has 0 aliphatic carbocycles. The zero-order valence-electron chi connectivity index (χ0n) is 14.5. The van der Waals surface area contributed by atoms with Crippen molar-refractivity contribution in [3.63, 3.8) is 0 Å². The molecule has 4 rings (SSSR count). The first-order chi connectivity index (χ1) is 13.2. The van der Waals surface area contributed by atoms with Crippen LogP contribution in [-0.4, -0.2) is 17.1 Å². The predicted octanol–water partition coefficient (Wildman–Crippen LogP) is 4.18. The Morgan fingerprint density at radius 3 is 2.30 bits per heavy atom. The van der Waals surface area contributed by atoms with Gasteiger partial charge in [0.05, 0.1) is 11.9 Å². The third-order valence-electron chi connectivity index (χ3n) is 4.37. The van der Waals surface area contributed by atoms with Gasteiger partial charge in [-0.3, -0.25) is 4.79 Å². The van der Waals surface area contributed by atoms with Crippen molar-refractivity contribution in [3.05, 3.63) is 90.1 Å². The van der Waals surface area contributed by atoms with Gasteiger partial charge in [-0.15, -0.1) is 0 Å². The van der Waals surface area contributed by atoms with Crippen LogP contribution in [0.1, 0.15) is 16.1 Å². The highest BCUT2D eigenvalue weighted by molar-refractivity contribution is 6.07. The second kappa shape index (κ2) is 7.17. The lowest BCUT2D eigenvalue weighted by Crippen LogP contribution is -2.19. The number of rotatable bonds is 4. The van der Waals surface area contributed by atoms with Crippen LogP contribution in [0.2, 0.25) is 0 Å². The lowest BCUT2D eigenvalue weighted by atomic mass is 10.0. The second-order valence-electron chi connectivity index (χ2n) is 6.15. The summed E-state index contributed by atoms with van der Waals surface area (Å²) in [5, 5.41) is 4.85. The van der Waals surface area contributed by atoms with Crippen molar-refractivity contribution in [3.8, 4) is 11.1 Å². The number of nitrogen functional groups attached to an aromatic ring is 1. The first-order valence-electron chi connectivity index (χ1n) is 8.57. The van der Waals surface area contributed by atoms with E-state index in [1.807, 2.05) is 66.7 Å². The molecular weight excluding hydrogens is 336 g/mol. The Kier molecular flexibility index (Phi) is 4.41. The van der Waals surface area contributed by atoms with E-state index >= 15 is 0 Å². The Morgan fingerprint density at radius 1 is 0.889 bits per heavy atom. The minimum atomic E-state index is -0.374. The number of hydrazone groups is 1. The molecule has 132 valence electrons. The predicted molar refractivity (Wildman–Crippen MR) is 110 cm³/mol. The van der Waals surface area contributed by atoms with Gasteiger partial charge in [0, 0.05) is 10.9 Å². The Balaban J connectivity index is 1.45. The fourth-order valence-corrected chi connectivity index (χ4v) is 2.96. The van der Waals surface area contributed by atoms with Crippen LogP contribution in [0.15, 0.2) is 84.0 Å². The minimum Gasteiger partial charge on any atom is -0.396 e. The molecule has 0 bridgehead atoms. The second-order valence-corrected chi connectivity index (χ2v) is 6.15. The smallest absolute Gasteiger partial charge is 0.289 e. The highest BCUT2D eigenvalue weighted by Gasteiger charge is 2.14. The van der Waals surface area contributed by atoms with E-state index in [-0.39, 0.29) is 5.91 Å². The van der Waals surface area contributed by atoms with Gasteiger partial charge in [-0.2, -0.15) is 5.10 Å². The normalized spacial score (nSPS) is 11.1. The molecule has 0 spiro atoms. The third kappa shape index (κ3) is 3.43. The van der Waals surface area contributed by atoms with E-state index in [0.717, 1.165) is 27.6 Å². The topological polar surface area (TPSA) is 83.3 Å². The van der Waals surface area contributed by atoms with Gasteiger partial charge in [0.1, 0.15) is 5.69 Å². The number of carbonyl (C=O) groups excluding carboxylic acids is 1. The van der Waals surface area contributed by atoms with Crippen LogP contribution < -0.4 is 11.2 Å². The molecule has 0 aliphatic heterocycles. The molecule has 0 radical (unpaired) electrons. The van der Waals surface area contributed by atoms with Crippen LogP contribution in [0.25, 0.3) is 22.0 Å². The van der Waals surface area contributed by atoms with E-state index in [1.165, 1.54) is 0 Å². The Labute approximate surface area is 156 Å². The number of nitrogens with one attached hydrogen (secondary N) is 2. The van der Waals surface area contributed by atoms with Gasteiger partial charge in [-0.25, -0.2) is 5.43 Å². The van der Waals surface area contributed by atoms with Crippen molar-refractivity contribution in [2.24, 2.45) is 5.10 Å². The molecule has 0 saturated carbocycles. The number of carbonyl (C=O) groups is 1. The summed E-state index contributed by atoms with van der Waals surface area (Å²) < 4.78 is 0. The fraction of sp³-hybridized carbons (Fsp3) is 0. The average Bonchev–Trinajstić information content (AvgIpc) is 3.06. The molecule has 1 amide bonds. The summed E-state index contributed by atoms with van der Waals surface area (Å²) in [4.78, 5) is 15.4. The van der Waals surface area contributed by atoms with Crippen molar-refractivity contribution in [1.29, 1.82) is 0 Å². The van der Waals surface area contributed by atoms with Crippen LogP contribution in [0.4, 0.5) is 5.69 Å². The standard InChI is InChI=1S/C22H18N4O/c23-20-18-8-4-5-9-19(18)25-21(20)22(27)26-24-14-15-10-12-17(13-11-15)16-6-2-1-3-7-16/h1-14,25H,23H2,(H,26,27)/b24-14+. The highest BCUT2D eigenvalue weighted by Crippen LogP contribution is 2.24. The van der Waals surface area contributed by atoms with E-state index in [9.17, 15) is 4.79 Å². The first kappa shape index (κ1) is 16.6. The van der Waals surface area contributed by atoms with Crippen LogP contribution in [0.3, 0.4) is 0 Å². The van der Waals surface area contributed by atoms with Gasteiger partial charge < -0.3 is 10.7 Å². The van der Waals surface area contributed by atoms with Crippen LogP contribution in [0, 0.1) is 0 Å². The molecule has 0 fully saturated rings. The molecule has 0 atom stereocenters. The van der Waals surface area contributed by atoms with Crippen molar-refractivity contribution >= 4 is 28.7 Å². The number of amides is 1. The van der Waals surface area contributed by atoms with Gasteiger partial charge >= 0.3 is 0 Å². The number of H-pyrrole nitrogens is 1. The molecule has 1 heterocycles. The number of fused-ring (bicyclic) bond motifs is 1. The molecule has 4 N–H and O–H groups in total. The van der Waals surface area contributed by atoms with Gasteiger partial charge in [0.2, 0.25) is 0 Å². The number of anilines is 1. The maximum Gasteiger partial charge on any atom is 0.289 e. The minimum absolute atomic E-state index is 0.313. The number of aromatic amines is 1. The quantitative estimate of drug-likeness (QED) is 0.379. The van der Waals surface area contributed by atoms with Gasteiger partial charge in [-0.1, -0.05) is 72.8 Å². The van der Waals surface area contributed by atoms with E-state index in [0.29, 0.717) is 11.4 Å². The van der Waals surface area contributed by atoms with Crippen LogP contribution in [-0.2, 0) is 0 Å². The monoisotopic (exact) mass is 354 g/mol. The lowest BCUT2D eigenvalue weighted by molar-refractivity contribution is 0.0952. The molecule has 0 unspecified atom stereocenters. The third-order valence-corrected chi connectivity index (χ3v) is 4.37. The Hall–Kier alpha value is -3.86. The molecule has 27 heavy (non-hydrogen) atoms. The van der Waals surface area contributed by atoms with E-state index in [4.69, 9.17) is 5.73 Å². The molecule has 4 aromatic rings. The van der Waals surface area contributed by atoms with Crippen molar-refractivity contribution < 1.29 is 4.79 Å². The number of hydrogen-bond acceptors (Lipinski definition) is 3. The zero-order chi connectivity index (χ0) is 18.6. The zero-order valence-corrected chi connectivity index (χ0v) is 14.5. The summed E-state index contributed by atoms with van der Waals surface area (Å²) in [6.45, 7) is 0. The molecule has 5 heteroatoms. The van der Waals surface area contributed by atoms with E-state index in [2.05, 4.69) is 27.6 Å². The maximum atomic E-state index is 12.3. The van der Waals surface area contributed by atoms with Gasteiger partial charge in [0.15, 0.2) is 0 Å². The Bertz CT molecular complexity index is 1110. The van der Waals surface area contributed by atoms with Crippen molar-refractivity contribution in [1.82, 2.24) is 10.4 Å². The van der Waals surface area contributed by atoms with Crippen LogP contribution in [0.5, 0.6) is 0 Å². The van der Waals surface area contributed by atoms with Crippen molar-refractivity contribution in [2.75, 3.05) is 5.73 Å². The summed E-state index contributed by atoms with van der Waals surface area (Å²) in [5.41, 5.74) is 13.3. The van der Waals surface area contributed by atoms with E-state index < -0.39 is 0 Å². The summed E-state index contributed by atoms with van der Waals surface area (Å²) in [6.07, 6.45) is 1.60. The SMILES string of the molecule is Nc1c(C(=O)N/N=C/c2ccc(-c3ccccc3)cc2)[nH]c2ccccc12. The fourth-order valence-electron chi connectivity index (χ4n) is 2.96. The first-order valence-corrected chi connectivity index (χ1v) is 8.57. The Morgan fingerprint density at radius 2 is 1.56 bits per heavy atom. The highest BCUT2D eigenvalue weighted by atomic mass is 16.2. The maximum absolute atomic E-state index is 12.3. The summed E-state index contributed by atoms with van der Waals surface area (Å²) in [5.74, 6) is -0.374. The number of nitrogens with zero attached hydrogens (tertiary/aromatic N) is 1. The number of hydrogen-bond donors (Lipinski definition) is 3. The molecule has 3 aromatic carbocycles. The average molecular weight is 354 g/mol.